The van der Waals surface area contributed by atoms with Crippen molar-refractivity contribution < 1.29 is 14.6 Å². The van der Waals surface area contributed by atoms with Crippen LogP contribution in [0.5, 0.6) is 11.5 Å². The van der Waals surface area contributed by atoms with Crippen molar-refractivity contribution in [1.82, 2.24) is 0 Å². The Hall–Kier alpha value is -2.82. The Morgan fingerprint density at radius 3 is 1.51 bits per heavy atom. The normalized spacial score (nSPS) is 13.2. The van der Waals surface area contributed by atoms with Crippen molar-refractivity contribution in [3.05, 3.63) is 94.5 Å². The highest BCUT2D eigenvalue weighted by atomic mass is 16.5. The fourth-order valence-electron chi connectivity index (χ4n) is 5.05. The van der Waals surface area contributed by atoms with Gasteiger partial charge in [0, 0.05) is 17.2 Å². The molecule has 0 amide bonds. The minimum absolute atomic E-state index is 0.130. The van der Waals surface area contributed by atoms with Gasteiger partial charge >= 0.3 is 0 Å². The molecule has 224 valence electrons. The van der Waals surface area contributed by atoms with Crippen LogP contribution in [-0.4, -0.2) is 24.4 Å². The monoisotopic (exact) mass is 559 g/mol. The van der Waals surface area contributed by atoms with Crippen LogP contribution in [0.1, 0.15) is 109 Å². The summed E-state index contributed by atoms with van der Waals surface area (Å²) >= 11 is 0. The number of ether oxygens (including phenoxy) is 2. The van der Waals surface area contributed by atoms with E-state index in [1.54, 1.807) is 0 Å². The van der Waals surface area contributed by atoms with Crippen molar-refractivity contribution in [2.45, 2.75) is 110 Å². The van der Waals surface area contributed by atoms with Crippen molar-refractivity contribution in [3.63, 3.8) is 0 Å². The molecule has 0 spiro atoms. The summed E-state index contributed by atoms with van der Waals surface area (Å²) in [6.45, 7) is 18.6. The lowest BCUT2D eigenvalue weighted by atomic mass is 9.73. The van der Waals surface area contributed by atoms with Crippen molar-refractivity contribution >= 4 is 0 Å². The molecule has 3 aromatic carbocycles. The molecule has 0 radical (unpaired) electrons. The molecule has 3 rings (SSSR count). The van der Waals surface area contributed by atoms with E-state index in [0.717, 1.165) is 42.4 Å². The molecule has 0 bridgehead atoms. The quantitative estimate of drug-likeness (QED) is 0.206. The van der Waals surface area contributed by atoms with E-state index in [2.05, 4.69) is 91.8 Å². The lowest BCUT2D eigenvalue weighted by Gasteiger charge is -2.39. The first-order chi connectivity index (χ1) is 19.3. The Kier molecular flexibility index (Phi) is 11.1. The molecule has 0 saturated heterocycles. The highest BCUT2D eigenvalue weighted by Gasteiger charge is 2.44. The Balaban J connectivity index is 2.35. The van der Waals surface area contributed by atoms with E-state index in [-0.39, 0.29) is 10.8 Å². The molecule has 4 nitrogen and oxygen atoms in total. The Morgan fingerprint density at radius 1 is 0.683 bits per heavy atom. The zero-order valence-electron chi connectivity index (χ0n) is 26.7. The Bertz CT molecular complexity index is 1170. The molecular formula is C37H53NO3. The van der Waals surface area contributed by atoms with E-state index in [9.17, 15) is 5.11 Å². The van der Waals surface area contributed by atoms with Crippen LogP contribution < -0.4 is 15.2 Å². The molecule has 0 aromatic heterocycles. The SMILES string of the molecule is CCCCOc1ccc(C(C)(C)C)cc1C(O)(c1cc(C(C)(C)C)ccc1OCCCC)C(N)Cc1ccccc1. The van der Waals surface area contributed by atoms with Crippen LogP contribution in [0, 0.1) is 0 Å². The van der Waals surface area contributed by atoms with E-state index in [0.29, 0.717) is 42.3 Å². The summed E-state index contributed by atoms with van der Waals surface area (Å²) < 4.78 is 12.8. The third-order valence-corrected chi connectivity index (χ3v) is 7.86. The fourth-order valence-corrected chi connectivity index (χ4v) is 5.05. The molecular weight excluding hydrogens is 506 g/mol. The molecule has 0 fully saturated rings. The predicted octanol–water partition coefficient (Wildman–Crippen LogP) is 8.45. The molecule has 3 aromatic rings. The van der Waals surface area contributed by atoms with E-state index in [1.807, 2.05) is 30.3 Å². The van der Waals surface area contributed by atoms with E-state index < -0.39 is 11.6 Å². The van der Waals surface area contributed by atoms with Gasteiger partial charge in [-0.3, -0.25) is 0 Å². The third kappa shape index (κ3) is 8.14. The average molecular weight is 560 g/mol. The average Bonchev–Trinajstić information content (AvgIpc) is 2.92. The largest absolute Gasteiger partial charge is 0.493 e. The highest BCUT2D eigenvalue weighted by molar-refractivity contribution is 5.55. The molecule has 0 heterocycles. The van der Waals surface area contributed by atoms with Gasteiger partial charge in [-0.15, -0.1) is 0 Å². The zero-order valence-corrected chi connectivity index (χ0v) is 26.7. The molecule has 3 N–H and O–H groups in total. The number of benzene rings is 3. The van der Waals surface area contributed by atoms with Gasteiger partial charge in [0.15, 0.2) is 0 Å². The number of aliphatic hydroxyl groups is 1. The smallest absolute Gasteiger partial charge is 0.137 e. The van der Waals surface area contributed by atoms with Crippen LogP contribution in [-0.2, 0) is 22.9 Å². The second-order valence-electron chi connectivity index (χ2n) is 13.4. The number of hydrogen-bond donors (Lipinski definition) is 2. The maximum Gasteiger partial charge on any atom is 0.137 e. The lowest BCUT2D eigenvalue weighted by molar-refractivity contribution is 0.0450. The first kappa shape index (κ1) is 32.7. The predicted molar refractivity (Wildman–Crippen MR) is 172 cm³/mol. The van der Waals surface area contributed by atoms with Gasteiger partial charge in [0.05, 0.1) is 13.2 Å². The summed E-state index contributed by atoms with van der Waals surface area (Å²) in [6.07, 6.45) is 4.39. The molecule has 0 aliphatic heterocycles. The number of hydrogen-bond acceptors (Lipinski definition) is 4. The third-order valence-electron chi connectivity index (χ3n) is 7.86. The van der Waals surface area contributed by atoms with Crippen molar-refractivity contribution in [3.8, 4) is 11.5 Å². The van der Waals surface area contributed by atoms with Gasteiger partial charge in [-0.25, -0.2) is 0 Å². The summed E-state index contributed by atoms with van der Waals surface area (Å²) in [5.74, 6) is 1.33. The summed E-state index contributed by atoms with van der Waals surface area (Å²) in [7, 11) is 0. The summed E-state index contributed by atoms with van der Waals surface area (Å²) in [5.41, 5.74) is 9.99. The fraction of sp³-hybridized carbons (Fsp3) is 0.514. The summed E-state index contributed by atoms with van der Waals surface area (Å²) in [4.78, 5) is 0. The van der Waals surface area contributed by atoms with Crippen LogP contribution >= 0.6 is 0 Å². The highest BCUT2D eigenvalue weighted by Crippen LogP contribution is 2.45. The van der Waals surface area contributed by atoms with Crippen LogP contribution in [0.4, 0.5) is 0 Å². The summed E-state index contributed by atoms with van der Waals surface area (Å²) in [5, 5.41) is 13.3. The van der Waals surface area contributed by atoms with Crippen LogP contribution in [0.3, 0.4) is 0 Å². The molecule has 0 aliphatic carbocycles. The zero-order chi connectivity index (χ0) is 30.3. The topological polar surface area (TPSA) is 64.7 Å². The number of nitrogens with two attached hydrogens (primary N) is 1. The van der Waals surface area contributed by atoms with Crippen LogP contribution in [0.2, 0.25) is 0 Å². The van der Waals surface area contributed by atoms with Gasteiger partial charge in [-0.05, 0) is 71.0 Å². The van der Waals surface area contributed by atoms with E-state index in [1.165, 1.54) is 0 Å². The molecule has 1 atom stereocenters. The molecule has 1 unspecified atom stereocenters. The standard InChI is InChI=1S/C37H53NO3/c1-9-11-22-40-32-20-18-28(35(3,4)5)25-30(32)37(39,34(38)24-27-16-14-13-15-17-27)31-26-29(36(6,7)8)19-21-33(31)41-23-12-10-2/h13-21,25-26,34,39H,9-12,22-24,38H2,1-8H3. The van der Waals surface area contributed by atoms with Gasteiger partial charge in [-0.1, -0.05) is 111 Å². The molecule has 4 heteroatoms. The minimum atomic E-state index is -1.58. The summed E-state index contributed by atoms with van der Waals surface area (Å²) in [6, 6.07) is 21.9. The maximum atomic E-state index is 13.3. The maximum absolute atomic E-state index is 13.3. The van der Waals surface area contributed by atoms with E-state index >= 15 is 0 Å². The first-order valence-corrected chi connectivity index (χ1v) is 15.4. The van der Waals surface area contributed by atoms with Crippen molar-refractivity contribution in [2.24, 2.45) is 5.73 Å². The molecule has 0 aliphatic rings. The van der Waals surface area contributed by atoms with Crippen molar-refractivity contribution in [2.75, 3.05) is 13.2 Å². The molecule has 41 heavy (non-hydrogen) atoms. The number of unbranched alkanes of at least 4 members (excludes halogenated alkanes) is 2. The van der Waals surface area contributed by atoms with E-state index in [4.69, 9.17) is 15.2 Å². The lowest BCUT2D eigenvalue weighted by Crippen LogP contribution is -2.48. The second-order valence-corrected chi connectivity index (χ2v) is 13.4. The van der Waals surface area contributed by atoms with Gasteiger partial charge in [0.2, 0.25) is 0 Å². The van der Waals surface area contributed by atoms with Gasteiger partial charge in [0.25, 0.3) is 0 Å². The Morgan fingerprint density at radius 2 is 1.12 bits per heavy atom. The number of rotatable bonds is 13. The minimum Gasteiger partial charge on any atom is -0.493 e. The van der Waals surface area contributed by atoms with Crippen molar-refractivity contribution in [1.29, 1.82) is 0 Å². The van der Waals surface area contributed by atoms with Gasteiger partial charge in [-0.2, -0.15) is 0 Å². The second kappa shape index (κ2) is 13.9. The van der Waals surface area contributed by atoms with Gasteiger partial charge in [0.1, 0.15) is 17.1 Å². The van der Waals surface area contributed by atoms with Crippen LogP contribution in [0.25, 0.3) is 0 Å². The first-order valence-electron chi connectivity index (χ1n) is 15.4. The Labute approximate surface area is 249 Å². The molecule has 0 saturated carbocycles. The van der Waals surface area contributed by atoms with Gasteiger partial charge < -0.3 is 20.3 Å². The van der Waals surface area contributed by atoms with Crippen LogP contribution in [0.15, 0.2) is 66.7 Å².